The molecular weight excluding hydrogens is 431 g/mol. The van der Waals surface area contributed by atoms with Crippen LogP contribution in [-0.2, 0) is 5.41 Å². The average molecular weight is 473 g/mol. The minimum atomic E-state index is -0.0838. The molecular formula is C32H41FN2. The maximum atomic E-state index is 14.2. The third-order valence-electron chi connectivity index (χ3n) is 10.5. The van der Waals surface area contributed by atoms with Gasteiger partial charge in [0.1, 0.15) is 5.82 Å². The van der Waals surface area contributed by atoms with Gasteiger partial charge in [0, 0.05) is 5.71 Å². The first-order chi connectivity index (χ1) is 17.0. The van der Waals surface area contributed by atoms with Crippen LogP contribution in [0.25, 0.3) is 0 Å². The van der Waals surface area contributed by atoms with Crippen LogP contribution in [0.1, 0.15) is 88.7 Å². The Bertz CT molecular complexity index is 1100. The van der Waals surface area contributed by atoms with Gasteiger partial charge in [0.15, 0.2) is 0 Å². The fourth-order valence-electron chi connectivity index (χ4n) is 8.81. The molecule has 4 aliphatic rings. The molecule has 0 radical (unpaired) electrons. The number of hydrogen-bond donors (Lipinski definition) is 1. The molecule has 2 aromatic carbocycles. The second kappa shape index (κ2) is 9.14. The first-order valence-electron chi connectivity index (χ1n) is 14.1. The molecule has 0 amide bonds. The maximum Gasteiger partial charge on any atom is 0.123 e. The lowest BCUT2D eigenvalue weighted by Gasteiger charge is -2.47. The van der Waals surface area contributed by atoms with E-state index in [0.29, 0.717) is 11.3 Å². The molecule has 2 bridgehead atoms. The van der Waals surface area contributed by atoms with Gasteiger partial charge in [0.25, 0.3) is 0 Å². The van der Waals surface area contributed by atoms with Crippen LogP contribution in [0.15, 0.2) is 53.5 Å². The molecule has 2 aliphatic carbocycles. The Kier molecular flexibility index (Phi) is 6.11. The lowest BCUT2D eigenvalue weighted by Crippen LogP contribution is -2.42. The summed E-state index contributed by atoms with van der Waals surface area (Å²) < 4.78 is 14.2. The van der Waals surface area contributed by atoms with Gasteiger partial charge in [-0.3, -0.25) is 4.99 Å². The van der Waals surface area contributed by atoms with Gasteiger partial charge in [-0.2, -0.15) is 0 Å². The summed E-state index contributed by atoms with van der Waals surface area (Å²) in [7, 11) is 0. The number of fused-ring (bicyclic) bond motifs is 3. The summed E-state index contributed by atoms with van der Waals surface area (Å²) in [4.78, 5) is 4.89. The number of para-hydroxylation sites is 1. The summed E-state index contributed by atoms with van der Waals surface area (Å²) in [6, 6.07) is 16.4. The van der Waals surface area contributed by atoms with E-state index in [2.05, 4.69) is 49.5 Å². The van der Waals surface area contributed by atoms with E-state index >= 15 is 0 Å². The van der Waals surface area contributed by atoms with Gasteiger partial charge < -0.3 is 5.32 Å². The fourth-order valence-corrected chi connectivity index (χ4v) is 8.81. The molecule has 186 valence electrons. The number of nitrogens with one attached hydrogen (secondary N) is 1. The quantitative estimate of drug-likeness (QED) is 0.469. The van der Waals surface area contributed by atoms with Gasteiger partial charge >= 0.3 is 0 Å². The minimum Gasteiger partial charge on any atom is -0.317 e. The van der Waals surface area contributed by atoms with E-state index in [4.69, 9.17) is 4.99 Å². The van der Waals surface area contributed by atoms with E-state index in [-0.39, 0.29) is 11.2 Å². The molecule has 1 saturated heterocycles. The highest BCUT2D eigenvalue weighted by atomic mass is 19.1. The van der Waals surface area contributed by atoms with Gasteiger partial charge in [0.05, 0.1) is 5.69 Å². The Labute approximate surface area is 210 Å². The van der Waals surface area contributed by atoms with Crippen molar-refractivity contribution >= 4 is 11.4 Å². The molecule has 2 heterocycles. The van der Waals surface area contributed by atoms with Crippen LogP contribution in [-0.4, -0.2) is 18.8 Å². The summed E-state index contributed by atoms with van der Waals surface area (Å²) >= 11 is 0. The molecule has 0 aromatic heterocycles. The van der Waals surface area contributed by atoms with Gasteiger partial charge in [-0.1, -0.05) is 37.3 Å². The van der Waals surface area contributed by atoms with Crippen molar-refractivity contribution in [2.45, 2.75) is 83.0 Å². The molecule has 2 aromatic rings. The van der Waals surface area contributed by atoms with Crippen LogP contribution in [0.5, 0.6) is 0 Å². The fraction of sp³-hybridized carbons (Fsp3) is 0.594. The van der Waals surface area contributed by atoms with E-state index in [0.717, 1.165) is 50.1 Å². The molecule has 35 heavy (non-hydrogen) atoms. The standard InChI is InChI=1S/C32H41FN2/c1-22-18-28(27-8-3-4-9-30(27)35-22)24-19-23-10-12-31(2,21-24)29(23)11-13-32(14-16-34-17-15-32)25-6-5-7-26(33)20-25/h3-9,20,23-24,28-29,34H,10-19,21H2,1-2H3/t23-,24+,28-,29?,31?/m1/s1. The van der Waals surface area contributed by atoms with Crippen LogP contribution in [0.2, 0.25) is 0 Å². The molecule has 0 spiro atoms. The summed E-state index contributed by atoms with van der Waals surface area (Å²) in [5.74, 6) is 2.97. The Morgan fingerprint density at radius 1 is 1.03 bits per heavy atom. The van der Waals surface area contributed by atoms with Crippen LogP contribution >= 0.6 is 0 Å². The first-order valence-corrected chi connectivity index (χ1v) is 14.1. The number of aliphatic imine (C=N–C) groups is 1. The summed E-state index contributed by atoms with van der Waals surface area (Å²) in [6.07, 6.45) is 11.4. The van der Waals surface area contributed by atoms with Gasteiger partial charge in [-0.15, -0.1) is 0 Å². The van der Waals surface area contributed by atoms with Crippen molar-refractivity contribution in [3.63, 3.8) is 0 Å². The third kappa shape index (κ3) is 4.28. The van der Waals surface area contributed by atoms with E-state index in [1.54, 1.807) is 6.07 Å². The second-order valence-corrected chi connectivity index (χ2v) is 12.6. The highest BCUT2D eigenvalue weighted by Gasteiger charge is 2.52. The molecule has 2 nitrogen and oxygen atoms in total. The molecule has 2 saturated carbocycles. The molecule has 3 fully saturated rings. The molecule has 6 rings (SSSR count). The minimum absolute atomic E-state index is 0.0838. The Morgan fingerprint density at radius 3 is 2.66 bits per heavy atom. The van der Waals surface area contributed by atoms with E-state index in [1.165, 1.54) is 61.1 Å². The SMILES string of the molecule is CC1=Nc2ccccc2[C@@H]([C@H]2C[C@H]3CCC(C)(C2)C3CCC2(c3cccc(F)c3)CCNCC2)C1. The highest BCUT2D eigenvalue weighted by Crippen LogP contribution is 2.62. The van der Waals surface area contributed by atoms with Crippen molar-refractivity contribution in [3.8, 4) is 0 Å². The highest BCUT2D eigenvalue weighted by molar-refractivity contribution is 5.88. The van der Waals surface area contributed by atoms with Crippen molar-refractivity contribution in [3.05, 3.63) is 65.5 Å². The molecule has 2 aliphatic heterocycles. The number of nitrogens with zero attached hydrogens (tertiary/aromatic N) is 1. The average Bonchev–Trinajstić information content (AvgIpc) is 3.05. The van der Waals surface area contributed by atoms with Crippen molar-refractivity contribution < 1.29 is 4.39 Å². The maximum absolute atomic E-state index is 14.2. The Morgan fingerprint density at radius 2 is 1.86 bits per heavy atom. The van der Waals surface area contributed by atoms with E-state index < -0.39 is 0 Å². The normalized spacial score (nSPS) is 33.7. The third-order valence-corrected chi connectivity index (χ3v) is 10.5. The van der Waals surface area contributed by atoms with E-state index in [9.17, 15) is 4.39 Å². The number of piperidine rings is 1. The molecule has 2 unspecified atom stereocenters. The van der Waals surface area contributed by atoms with Crippen LogP contribution in [0.3, 0.4) is 0 Å². The zero-order valence-corrected chi connectivity index (χ0v) is 21.5. The smallest absolute Gasteiger partial charge is 0.123 e. The Balaban J connectivity index is 1.21. The number of halogens is 1. The number of benzene rings is 2. The number of hydrogen-bond acceptors (Lipinski definition) is 2. The van der Waals surface area contributed by atoms with E-state index in [1.807, 2.05) is 12.1 Å². The van der Waals surface area contributed by atoms with Crippen molar-refractivity contribution in [2.24, 2.45) is 28.2 Å². The molecule has 1 N–H and O–H groups in total. The van der Waals surface area contributed by atoms with Crippen molar-refractivity contribution in [1.82, 2.24) is 5.32 Å². The largest absolute Gasteiger partial charge is 0.317 e. The van der Waals surface area contributed by atoms with Crippen LogP contribution in [0.4, 0.5) is 10.1 Å². The van der Waals surface area contributed by atoms with Gasteiger partial charge in [-0.05, 0) is 142 Å². The van der Waals surface area contributed by atoms with Crippen LogP contribution < -0.4 is 5.32 Å². The van der Waals surface area contributed by atoms with Crippen LogP contribution in [0, 0.1) is 29.0 Å². The predicted molar refractivity (Wildman–Crippen MR) is 143 cm³/mol. The zero-order valence-electron chi connectivity index (χ0n) is 21.5. The summed E-state index contributed by atoms with van der Waals surface area (Å²) in [5, 5.41) is 3.55. The van der Waals surface area contributed by atoms with Crippen molar-refractivity contribution in [1.29, 1.82) is 0 Å². The predicted octanol–water partition coefficient (Wildman–Crippen LogP) is 7.95. The van der Waals surface area contributed by atoms with Gasteiger partial charge in [-0.25, -0.2) is 4.39 Å². The van der Waals surface area contributed by atoms with Gasteiger partial charge in [0.2, 0.25) is 0 Å². The topological polar surface area (TPSA) is 24.4 Å². The zero-order chi connectivity index (χ0) is 24.0. The molecule has 5 atom stereocenters. The molecule has 3 heteroatoms. The Hall–Kier alpha value is -2.00. The lowest BCUT2D eigenvalue weighted by atomic mass is 9.58. The lowest BCUT2D eigenvalue weighted by molar-refractivity contribution is 0.0571. The summed E-state index contributed by atoms with van der Waals surface area (Å²) in [5.41, 5.74) is 5.82. The number of rotatable bonds is 5. The summed E-state index contributed by atoms with van der Waals surface area (Å²) in [6.45, 7) is 6.92. The first kappa shape index (κ1) is 23.4. The second-order valence-electron chi connectivity index (χ2n) is 12.6. The van der Waals surface area contributed by atoms with Crippen molar-refractivity contribution in [2.75, 3.05) is 13.1 Å². The monoisotopic (exact) mass is 472 g/mol.